The highest BCUT2D eigenvalue weighted by molar-refractivity contribution is 6.00. The molecule has 2 saturated heterocycles. The summed E-state index contributed by atoms with van der Waals surface area (Å²) in [6, 6.07) is -0.0357. The van der Waals surface area contributed by atoms with Gasteiger partial charge in [0.25, 0.3) is 17.7 Å². The summed E-state index contributed by atoms with van der Waals surface area (Å²) in [4.78, 5) is 79.0. The maximum atomic E-state index is 13.9. The number of carboxylic acid groups (broad SMARTS) is 1. The van der Waals surface area contributed by atoms with E-state index in [-0.39, 0.29) is 41.2 Å². The standard InChI is InChI=1S/C22H20F3N3O5.C16H18N2O6/c1-10-9-33-22-4-2-3-16(22)27-8-13(18(29)19(30)17(27)21(32)28(10)22)20(31)26-7-12-14(24)5-11(23)6-15(12)25;1-8-7-24-16-5-3-4-10(16)17-6-9(15(21)22)12(19)13(23-2)11(17)14(20)18(8)16/h5-6,8,10,16,30H,2-4,7,9H2,1H3,(H,26,31);6,8,10H,3-5,7H2,1-2H3,(H,21,22)/t10-,16+,22+;8-,10+,16+/m00/s1. The summed E-state index contributed by atoms with van der Waals surface area (Å²) in [5.74, 6) is -7.81. The molecule has 57 heavy (non-hydrogen) atoms. The second-order valence-corrected chi connectivity index (χ2v) is 15.1. The fourth-order valence-corrected chi connectivity index (χ4v) is 9.68. The summed E-state index contributed by atoms with van der Waals surface area (Å²) in [5.41, 5.74) is -5.09. The number of nitrogens with zero attached hydrogens (tertiary/aromatic N) is 4. The van der Waals surface area contributed by atoms with E-state index < -0.39 is 92.6 Å². The smallest absolute Gasteiger partial charge is 0.341 e. The Bertz CT molecular complexity index is 2380. The van der Waals surface area contributed by atoms with Crippen molar-refractivity contribution in [3.63, 3.8) is 0 Å². The van der Waals surface area contributed by atoms with Crippen LogP contribution in [-0.2, 0) is 16.0 Å². The molecule has 2 aromatic heterocycles. The zero-order valence-electron chi connectivity index (χ0n) is 31.0. The normalized spacial score (nSPS) is 27.8. The average molecular weight is 798 g/mol. The summed E-state index contributed by atoms with van der Waals surface area (Å²) < 4.78 is 61.1. The van der Waals surface area contributed by atoms with Gasteiger partial charge in [0.05, 0.1) is 44.5 Å². The fourth-order valence-electron chi connectivity index (χ4n) is 9.68. The van der Waals surface area contributed by atoms with Gasteiger partial charge in [-0.3, -0.25) is 24.0 Å². The fraction of sp³-hybridized carbons (Fsp3) is 0.474. The maximum absolute atomic E-state index is 13.9. The van der Waals surface area contributed by atoms with Crippen LogP contribution in [0.2, 0.25) is 0 Å². The van der Waals surface area contributed by atoms with Gasteiger partial charge in [-0.1, -0.05) is 0 Å². The summed E-state index contributed by atoms with van der Waals surface area (Å²) in [6.45, 7) is 3.81. The molecule has 1 aromatic carbocycles. The van der Waals surface area contributed by atoms with Gasteiger partial charge in [0.1, 0.15) is 28.6 Å². The van der Waals surface area contributed by atoms with E-state index in [9.17, 15) is 52.2 Å². The molecule has 3 amide bonds. The van der Waals surface area contributed by atoms with Crippen molar-refractivity contribution in [2.45, 2.75) is 94.5 Å². The molecule has 0 radical (unpaired) electrons. The van der Waals surface area contributed by atoms with Gasteiger partial charge in [-0.05, 0) is 52.4 Å². The van der Waals surface area contributed by atoms with Crippen molar-refractivity contribution in [3.05, 3.63) is 90.5 Å². The molecule has 6 aliphatic rings. The van der Waals surface area contributed by atoms with Crippen LogP contribution >= 0.6 is 0 Å². The van der Waals surface area contributed by atoms with E-state index in [0.717, 1.165) is 19.3 Å². The Balaban J connectivity index is 0.000000168. The van der Waals surface area contributed by atoms with Crippen LogP contribution in [0.3, 0.4) is 0 Å². The highest BCUT2D eigenvalue weighted by atomic mass is 19.1. The number of amides is 3. The number of aromatic nitrogens is 2. The number of ether oxygens (including phenoxy) is 3. The average Bonchev–Trinajstić information content (AvgIpc) is 3.94. The number of hydrogen-bond donors (Lipinski definition) is 3. The van der Waals surface area contributed by atoms with E-state index in [1.807, 2.05) is 13.8 Å². The first kappa shape index (κ1) is 38.2. The Labute approximate surface area is 321 Å². The lowest BCUT2D eigenvalue weighted by Gasteiger charge is -2.45. The number of methoxy groups -OCH3 is 1. The third kappa shape index (κ3) is 5.41. The molecule has 4 fully saturated rings. The van der Waals surface area contributed by atoms with Crippen LogP contribution in [0.4, 0.5) is 13.2 Å². The second-order valence-electron chi connectivity index (χ2n) is 15.1. The van der Waals surface area contributed by atoms with Crippen molar-refractivity contribution in [3.8, 4) is 11.5 Å². The maximum Gasteiger partial charge on any atom is 0.341 e. The SMILES string of the molecule is COc1c2n(cc(C(=O)O)c1=O)[C@@H]1CCC[C@@]13OC[C@H](C)N3C2=O.C[C@H]1CO[C@]23CCC[C@H]2n2cc(C(=O)NCc4c(F)cc(F)cc4F)c(=O)c(O)c2C(=O)N13. The van der Waals surface area contributed by atoms with Gasteiger partial charge in [-0.15, -0.1) is 0 Å². The molecule has 3 aromatic rings. The van der Waals surface area contributed by atoms with Crippen molar-refractivity contribution in [2.75, 3.05) is 20.3 Å². The number of carbonyl (C=O) groups is 4. The Kier molecular flexibility index (Phi) is 9.02. The van der Waals surface area contributed by atoms with Gasteiger partial charge in [-0.2, -0.15) is 0 Å². The molecule has 4 aliphatic heterocycles. The molecule has 0 bridgehead atoms. The Morgan fingerprint density at radius 3 is 1.88 bits per heavy atom. The van der Waals surface area contributed by atoms with E-state index in [4.69, 9.17) is 14.2 Å². The zero-order chi connectivity index (χ0) is 40.9. The quantitative estimate of drug-likeness (QED) is 0.343. The first-order valence-corrected chi connectivity index (χ1v) is 18.5. The molecule has 19 heteroatoms. The van der Waals surface area contributed by atoms with Gasteiger partial charge in [0, 0.05) is 36.6 Å². The van der Waals surface area contributed by atoms with Gasteiger partial charge in [-0.25, -0.2) is 18.0 Å². The topological polar surface area (TPSA) is 199 Å². The number of pyridine rings is 2. The number of hydrogen-bond acceptors (Lipinski definition) is 10. The lowest BCUT2D eigenvalue weighted by atomic mass is 9.98. The minimum atomic E-state index is -1.34. The number of nitrogens with one attached hydrogen (secondary N) is 1. The van der Waals surface area contributed by atoms with Gasteiger partial charge >= 0.3 is 5.97 Å². The molecular formula is C38H38F3N5O11. The number of carbonyl (C=O) groups excluding carboxylic acids is 3. The van der Waals surface area contributed by atoms with E-state index in [1.165, 1.54) is 24.1 Å². The van der Waals surface area contributed by atoms with Crippen LogP contribution in [-0.4, -0.2) is 96.7 Å². The molecule has 0 unspecified atom stereocenters. The summed E-state index contributed by atoms with van der Waals surface area (Å²) in [5, 5.41) is 22.2. The van der Waals surface area contributed by atoms with E-state index in [0.29, 0.717) is 44.6 Å². The molecule has 6 heterocycles. The van der Waals surface area contributed by atoms with Gasteiger partial charge in [0.2, 0.25) is 10.9 Å². The molecule has 6 atom stereocenters. The third-order valence-electron chi connectivity index (χ3n) is 12.0. The van der Waals surface area contributed by atoms with Crippen LogP contribution in [0.25, 0.3) is 0 Å². The highest BCUT2D eigenvalue weighted by Crippen LogP contribution is 2.54. The lowest BCUT2D eigenvalue weighted by Crippen LogP contribution is -2.58. The van der Waals surface area contributed by atoms with Crippen molar-refractivity contribution >= 4 is 23.7 Å². The monoisotopic (exact) mass is 797 g/mol. The minimum absolute atomic E-state index is 0.106. The van der Waals surface area contributed by atoms with E-state index in [1.54, 1.807) is 14.4 Å². The van der Waals surface area contributed by atoms with Crippen LogP contribution in [0.5, 0.6) is 11.5 Å². The number of fused-ring (bicyclic) bond motifs is 4. The van der Waals surface area contributed by atoms with Crippen molar-refractivity contribution in [1.29, 1.82) is 0 Å². The predicted octanol–water partition coefficient (Wildman–Crippen LogP) is 3.05. The molecule has 2 saturated carbocycles. The number of benzene rings is 1. The van der Waals surface area contributed by atoms with E-state index >= 15 is 0 Å². The third-order valence-corrected chi connectivity index (χ3v) is 12.0. The van der Waals surface area contributed by atoms with Crippen LogP contribution in [0.15, 0.2) is 34.1 Å². The number of aromatic hydroxyl groups is 1. The van der Waals surface area contributed by atoms with Gasteiger partial charge < -0.3 is 48.7 Å². The minimum Gasteiger partial charge on any atom is -0.503 e. The molecule has 9 rings (SSSR count). The zero-order valence-corrected chi connectivity index (χ0v) is 31.0. The number of aromatic carboxylic acids is 1. The largest absolute Gasteiger partial charge is 0.503 e. The van der Waals surface area contributed by atoms with Crippen molar-refractivity contribution < 1.29 is 56.8 Å². The van der Waals surface area contributed by atoms with Crippen molar-refractivity contribution in [1.82, 2.24) is 24.3 Å². The lowest BCUT2D eigenvalue weighted by molar-refractivity contribution is -0.101. The number of carboxylic acids is 1. The first-order chi connectivity index (χ1) is 27.1. The summed E-state index contributed by atoms with van der Waals surface area (Å²) in [7, 11) is 1.27. The molecule has 2 aliphatic carbocycles. The number of halogens is 3. The number of rotatable bonds is 5. The summed E-state index contributed by atoms with van der Waals surface area (Å²) >= 11 is 0. The molecular weight excluding hydrogens is 759 g/mol. The van der Waals surface area contributed by atoms with Crippen molar-refractivity contribution in [2.24, 2.45) is 0 Å². The predicted molar refractivity (Wildman–Crippen MR) is 188 cm³/mol. The van der Waals surface area contributed by atoms with Crippen LogP contribution < -0.4 is 20.9 Å². The molecule has 16 nitrogen and oxygen atoms in total. The Hall–Kier alpha value is -5.69. The highest BCUT2D eigenvalue weighted by Gasteiger charge is 2.62. The van der Waals surface area contributed by atoms with Crippen LogP contribution in [0.1, 0.15) is 112 Å². The Morgan fingerprint density at radius 1 is 0.842 bits per heavy atom. The Morgan fingerprint density at radius 2 is 1.35 bits per heavy atom. The summed E-state index contributed by atoms with van der Waals surface area (Å²) in [6.07, 6.45) is 6.66. The van der Waals surface area contributed by atoms with E-state index in [2.05, 4.69) is 5.32 Å². The molecule has 3 N–H and O–H groups in total. The van der Waals surface area contributed by atoms with Gasteiger partial charge in [0.15, 0.2) is 34.3 Å². The first-order valence-electron chi connectivity index (χ1n) is 18.5. The molecule has 2 spiro atoms. The molecule has 302 valence electrons. The second kappa shape index (κ2) is 13.5. The van der Waals surface area contributed by atoms with Crippen LogP contribution in [0, 0.1) is 17.5 Å².